The monoisotopic (exact) mass is 344 g/mol. The summed E-state index contributed by atoms with van der Waals surface area (Å²) in [7, 11) is 0. The van der Waals surface area contributed by atoms with Gasteiger partial charge in [-0.1, -0.05) is 28.9 Å². The zero-order valence-electron chi connectivity index (χ0n) is 11.4. The highest BCUT2D eigenvalue weighted by molar-refractivity contribution is 9.10. The van der Waals surface area contributed by atoms with Gasteiger partial charge in [0, 0.05) is 22.1 Å². The molecule has 0 unspecified atom stereocenters. The van der Waals surface area contributed by atoms with Gasteiger partial charge in [-0.25, -0.2) is 4.98 Å². The normalized spacial score (nSPS) is 10.8. The second-order valence-electron chi connectivity index (χ2n) is 4.61. The molecule has 4 nitrogen and oxygen atoms in total. The van der Waals surface area contributed by atoms with Crippen molar-refractivity contribution in [2.45, 2.75) is 13.3 Å². The van der Waals surface area contributed by atoms with E-state index in [9.17, 15) is 4.79 Å². The van der Waals surface area contributed by atoms with Crippen LogP contribution in [0, 0.1) is 0 Å². The summed E-state index contributed by atoms with van der Waals surface area (Å²) in [6.07, 6.45) is 0.445. The highest BCUT2D eigenvalue weighted by Crippen LogP contribution is 2.27. The van der Waals surface area contributed by atoms with Gasteiger partial charge in [-0.3, -0.25) is 4.79 Å². The number of nitrogens with zero attached hydrogens (tertiary/aromatic N) is 1. The Kier molecular flexibility index (Phi) is 3.75. The number of carbonyl (C=O) groups is 1. The molecule has 0 saturated heterocycles. The maximum absolute atomic E-state index is 11.4. The van der Waals surface area contributed by atoms with E-state index in [1.165, 1.54) is 0 Å². The molecule has 0 spiro atoms. The zero-order chi connectivity index (χ0) is 14.8. The van der Waals surface area contributed by atoms with Crippen LogP contribution in [0.15, 0.2) is 51.4 Å². The van der Waals surface area contributed by atoms with Crippen LogP contribution in [0.5, 0.6) is 0 Å². The van der Waals surface area contributed by atoms with E-state index in [0.29, 0.717) is 17.9 Å². The van der Waals surface area contributed by atoms with Crippen molar-refractivity contribution < 1.29 is 9.21 Å². The molecule has 5 heteroatoms. The molecule has 106 valence electrons. The van der Waals surface area contributed by atoms with E-state index in [4.69, 9.17) is 4.42 Å². The Morgan fingerprint density at radius 1 is 1.29 bits per heavy atom. The lowest BCUT2D eigenvalue weighted by Crippen LogP contribution is -2.08. The summed E-state index contributed by atoms with van der Waals surface area (Å²) in [5, 5.41) is 2.81. The Morgan fingerprint density at radius 2 is 2.14 bits per heavy atom. The maximum atomic E-state index is 11.4. The molecule has 0 aliphatic carbocycles. The summed E-state index contributed by atoms with van der Waals surface area (Å²) in [4.78, 5) is 15.9. The van der Waals surface area contributed by atoms with Gasteiger partial charge >= 0.3 is 0 Å². The molecule has 21 heavy (non-hydrogen) atoms. The van der Waals surface area contributed by atoms with Crippen LogP contribution in [0.4, 0.5) is 5.69 Å². The Labute approximate surface area is 130 Å². The third-order valence-corrected chi connectivity index (χ3v) is 3.56. The van der Waals surface area contributed by atoms with Crippen molar-refractivity contribution in [1.29, 1.82) is 0 Å². The number of halogens is 1. The minimum atomic E-state index is -0.0231. The van der Waals surface area contributed by atoms with Crippen molar-refractivity contribution in [2.75, 3.05) is 5.32 Å². The minimum Gasteiger partial charge on any atom is -0.436 e. The van der Waals surface area contributed by atoms with Crippen molar-refractivity contribution >= 4 is 38.6 Å². The van der Waals surface area contributed by atoms with Crippen molar-refractivity contribution in [3.05, 3.63) is 46.9 Å². The lowest BCUT2D eigenvalue weighted by atomic mass is 10.2. The molecule has 0 fully saturated rings. The molecule has 0 saturated carbocycles. The Bertz CT molecular complexity index is 811. The van der Waals surface area contributed by atoms with Crippen molar-refractivity contribution in [3.8, 4) is 11.5 Å². The van der Waals surface area contributed by atoms with Gasteiger partial charge in [0.05, 0.1) is 0 Å². The average molecular weight is 345 g/mol. The summed E-state index contributed by atoms with van der Waals surface area (Å²) >= 11 is 3.43. The topological polar surface area (TPSA) is 55.1 Å². The second-order valence-corrected chi connectivity index (χ2v) is 5.53. The molecule has 1 aromatic heterocycles. The van der Waals surface area contributed by atoms with Gasteiger partial charge in [-0.05, 0) is 36.4 Å². The van der Waals surface area contributed by atoms with Gasteiger partial charge in [0.15, 0.2) is 5.58 Å². The number of anilines is 1. The zero-order valence-corrected chi connectivity index (χ0v) is 13.0. The van der Waals surface area contributed by atoms with Crippen molar-refractivity contribution in [1.82, 2.24) is 4.98 Å². The highest BCUT2D eigenvalue weighted by atomic mass is 79.9. The fourth-order valence-corrected chi connectivity index (χ4v) is 2.40. The summed E-state index contributed by atoms with van der Waals surface area (Å²) in [5.74, 6) is 0.537. The second kappa shape index (κ2) is 5.69. The number of hydrogen-bond donors (Lipinski definition) is 1. The molecule has 1 N–H and O–H groups in total. The number of amides is 1. The SMILES string of the molecule is CCC(=O)Nc1ccc2oc(-c3cccc(Br)c3)nc2c1. The van der Waals surface area contributed by atoms with Gasteiger partial charge < -0.3 is 9.73 Å². The Balaban J connectivity index is 1.98. The fraction of sp³-hybridized carbons (Fsp3) is 0.125. The van der Waals surface area contributed by atoms with Gasteiger partial charge in [0.1, 0.15) is 5.52 Å². The lowest BCUT2D eigenvalue weighted by molar-refractivity contribution is -0.115. The van der Waals surface area contributed by atoms with Crippen LogP contribution >= 0.6 is 15.9 Å². The molecular weight excluding hydrogens is 332 g/mol. The predicted molar refractivity (Wildman–Crippen MR) is 86.1 cm³/mol. The molecule has 0 bridgehead atoms. The van der Waals surface area contributed by atoms with Gasteiger partial charge in [-0.15, -0.1) is 0 Å². The average Bonchev–Trinajstić information content (AvgIpc) is 2.90. The Hall–Kier alpha value is -2.14. The van der Waals surface area contributed by atoms with E-state index in [0.717, 1.165) is 21.2 Å². The quantitative estimate of drug-likeness (QED) is 0.754. The molecule has 0 aliphatic heterocycles. The number of nitrogens with one attached hydrogen (secondary N) is 1. The molecule has 1 heterocycles. The molecule has 3 aromatic rings. The molecule has 1 amide bonds. The Morgan fingerprint density at radius 3 is 2.90 bits per heavy atom. The smallest absolute Gasteiger partial charge is 0.227 e. The van der Waals surface area contributed by atoms with Gasteiger partial charge in [0.2, 0.25) is 11.8 Å². The first-order valence-corrected chi connectivity index (χ1v) is 7.41. The summed E-state index contributed by atoms with van der Waals surface area (Å²) in [6, 6.07) is 13.2. The first-order chi connectivity index (χ1) is 10.2. The van der Waals surface area contributed by atoms with Gasteiger partial charge in [-0.2, -0.15) is 0 Å². The third kappa shape index (κ3) is 2.97. The van der Waals surface area contributed by atoms with Gasteiger partial charge in [0.25, 0.3) is 0 Å². The first-order valence-electron chi connectivity index (χ1n) is 6.62. The summed E-state index contributed by atoms with van der Waals surface area (Å²) in [6.45, 7) is 1.81. The number of fused-ring (bicyclic) bond motifs is 1. The molecule has 0 aliphatic rings. The summed E-state index contributed by atoms with van der Waals surface area (Å²) < 4.78 is 6.72. The van der Waals surface area contributed by atoms with E-state index in [1.807, 2.05) is 49.4 Å². The molecule has 2 aromatic carbocycles. The highest BCUT2D eigenvalue weighted by Gasteiger charge is 2.09. The standard InChI is InChI=1S/C16H13BrN2O2/c1-2-15(20)18-12-6-7-14-13(9-12)19-16(21-14)10-4-3-5-11(17)8-10/h3-9H,2H2,1H3,(H,18,20). The number of oxazole rings is 1. The van der Waals surface area contributed by atoms with Crippen LogP contribution in [0.1, 0.15) is 13.3 Å². The van der Waals surface area contributed by atoms with Crippen LogP contribution in [-0.2, 0) is 4.79 Å². The number of rotatable bonds is 3. The van der Waals surface area contributed by atoms with E-state index >= 15 is 0 Å². The third-order valence-electron chi connectivity index (χ3n) is 3.06. The fourth-order valence-electron chi connectivity index (χ4n) is 2.00. The lowest BCUT2D eigenvalue weighted by Gasteiger charge is -2.01. The largest absolute Gasteiger partial charge is 0.436 e. The van der Waals surface area contributed by atoms with Crippen LogP contribution in [0.3, 0.4) is 0 Å². The molecule has 3 rings (SSSR count). The van der Waals surface area contributed by atoms with E-state index < -0.39 is 0 Å². The minimum absolute atomic E-state index is 0.0231. The van der Waals surface area contributed by atoms with E-state index in [-0.39, 0.29) is 5.91 Å². The van der Waals surface area contributed by atoms with Crippen molar-refractivity contribution in [2.24, 2.45) is 0 Å². The summed E-state index contributed by atoms with van der Waals surface area (Å²) in [5.41, 5.74) is 3.04. The van der Waals surface area contributed by atoms with Crippen LogP contribution in [0.2, 0.25) is 0 Å². The predicted octanol–water partition coefficient (Wildman–Crippen LogP) is 4.61. The number of carbonyl (C=O) groups excluding carboxylic acids is 1. The first kappa shape index (κ1) is 13.8. The molecular formula is C16H13BrN2O2. The number of benzene rings is 2. The maximum Gasteiger partial charge on any atom is 0.227 e. The van der Waals surface area contributed by atoms with E-state index in [1.54, 1.807) is 0 Å². The van der Waals surface area contributed by atoms with Crippen LogP contribution in [-0.4, -0.2) is 10.9 Å². The van der Waals surface area contributed by atoms with E-state index in [2.05, 4.69) is 26.2 Å². The molecule has 0 radical (unpaired) electrons. The number of aromatic nitrogens is 1. The number of hydrogen-bond acceptors (Lipinski definition) is 3. The van der Waals surface area contributed by atoms with Crippen molar-refractivity contribution in [3.63, 3.8) is 0 Å². The molecule has 0 atom stereocenters. The van der Waals surface area contributed by atoms with Crippen LogP contribution in [0.25, 0.3) is 22.6 Å². The van der Waals surface area contributed by atoms with Crippen LogP contribution < -0.4 is 5.32 Å².